The summed E-state index contributed by atoms with van der Waals surface area (Å²) < 4.78 is 7.02. The fourth-order valence-corrected chi connectivity index (χ4v) is 2.50. The van der Waals surface area contributed by atoms with Crippen LogP contribution in [-0.2, 0) is 13.2 Å². The van der Waals surface area contributed by atoms with E-state index in [0.717, 1.165) is 27.9 Å². The van der Waals surface area contributed by atoms with Gasteiger partial charge in [0.05, 0.1) is 6.61 Å². The van der Waals surface area contributed by atoms with Crippen LogP contribution in [-0.4, -0.2) is 11.1 Å². The number of aliphatic hydroxyl groups is 1. The molecule has 2 N–H and O–H groups in total. The number of aliphatic hydroxyl groups excluding tert-OH is 1. The Morgan fingerprint density at radius 3 is 2.67 bits per heavy atom. The van der Waals surface area contributed by atoms with Crippen LogP contribution in [0.25, 0.3) is 0 Å². The number of benzene rings is 2. The molecule has 110 valence electrons. The van der Waals surface area contributed by atoms with E-state index >= 15 is 0 Å². The Morgan fingerprint density at radius 2 is 1.90 bits per heavy atom. The number of rotatable bonds is 6. The third-order valence-corrected chi connectivity index (χ3v) is 4.04. The van der Waals surface area contributed by atoms with Gasteiger partial charge in [-0.15, -0.1) is 0 Å². The van der Waals surface area contributed by atoms with E-state index in [1.54, 1.807) is 0 Å². The van der Waals surface area contributed by atoms with Crippen molar-refractivity contribution in [3.05, 3.63) is 58.1 Å². The zero-order valence-electron chi connectivity index (χ0n) is 11.7. The van der Waals surface area contributed by atoms with Crippen molar-refractivity contribution in [1.29, 1.82) is 0 Å². The molecule has 1 fully saturated rings. The Hall–Kier alpha value is -1.36. The fraction of sp³-hybridized carbons (Fsp3) is 0.294. The van der Waals surface area contributed by atoms with Crippen molar-refractivity contribution in [3.63, 3.8) is 0 Å². The lowest BCUT2D eigenvalue weighted by Crippen LogP contribution is -2.15. The van der Waals surface area contributed by atoms with Crippen LogP contribution in [0.15, 0.2) is 46.9 Å². The molecule has 0 atom stereocenters. The lowest BCUT2D eigenvalue weighted by Gasteiger charge is -2.14. The topological polar surface area (TPSA) is 41.5 Å². The molecule has 0 aliphatic heterocycles. The Labute approximate surface area is 133 Å². The van der Waals surface area contributed by atoms with Gasteiger partial charge in [-0.2, -0.15) is 0 Å². The van der Waals surface area contributed by atoms with Crippen molar-refractivity contribution in [2.45, 2.75) is 32.0 Å². The van der Waals surface area contributed by atoms with Gasteiger partial charge in [0, 0.05) is 28.2 Å². The van der Waals surface area contributed by atoms with Gasteiger partial charge in [-0.25, -0.2) is 0 Å². The second-order valence-electron chi connectivity index (χ2n) is 5.28. The van der Waals surface area contributed by atoms with Crippen LogP contribution >= 0.6 is 15.9 Å². The number of hydrogen-bond acceptors (Lipinski definition) is 3. The van der Waals surface area contributed by atoms with Gasteiger partial charge in [-0.1, -0.05) is 40.2 Å². The Balaban J connectivity index is 1.83. The molecule has 1 saturated carbocycles. The molecule has 1 aliphatic rings. The number of halogens is 1. The standard InChI is InChI=1S/C17H18BrNO2/c18-14-6-5-12(10-19-15-7-8-15)17(9-14)21-16-4-2-1-3-13(16)11-20/h1-6,9,15,19-20H,7-8,10-11H2. The van der Waals surface area contributed by atoms with E-state index in [-0.39, 0.29) is 6.61 Å². The Morgan fingerprint density at radius 1 is 1.10 bits per heavy atom. The maximum Gasteiger partial charge on any atom is 0.133 e. The average Bonchev–Trinajstić information content (AvgIpc) is 3.31. The monoisotopic (exact) mass is 347 g/mol. The van der Waals surface area contributed by atoms with E-state index in [1.807, 2.05) is 36.4 Å². The van der Waals surface area contributed by atoms with Crippen molar-refractivity contribution < 1.29 is 9.84 Å². The molecule has 0 amide bonds. The van der Waals surface area contributed by atoms with Gasteiger partial charge in [-0.05, 0) is 31.0 Å². The smallest absolute Gasteiger partial charge is 0.133 e. The summed E-state index contributed by atoms with van der Waals surface area (Å²) in [5.41, 5.74) is 1.91. The Bertz CT molecular complexity index is 626. The zero-order valence-corrected chi connectivity index (χ0v) is 13.3. The van der Waals surface area contributed by atoms with Crippen LogP contribution in [0, 0.1) is 0 Å². The third kappa shape index (κ3) is 3.84. The highest BCUT2D eigenvalue weighted by molar-refractivity contribution is 9.10. The number of nitrogens with one attached hydrogen (secondary N) is 1. The summed E-state index contributed by atoms with van der Waals surface area (Å²) in [4.78, 5) is 0. The summed E-state index contributed by atoms with van der Waals surface area (Å²) in [5, 5.41) is 12.9. The number of para-hydroxylation sites is 1. The second kappa shape index (κ2) is 6.60. The first kappa shape index (κ1) is 14.6. The maximum atomic E-state index is 9.40. The van der Waals surface area contributed by atoms with Crippen LogP contribution in [0.1, 0.15) is 24.0 Å². The largest absolute Gasteiger partial charge is 0.457 e. The molecule has 0 heterocycles. The van der Waals surface area contributed by atoms with Crippen LogP contribution in [0.5, 0.6) is 11.5 Å². The summed E-state index contributed by atoms with van der Waals surface area (Å²) >= 11 is 3.49. The van der Waals surface area contributed by atoms with Gasteiger partial charge >= 0.3 is 0 Å². The summed E-state index contributed by atoms with van der Waals surface area (Å²) in [7, 11) is 0. The van der Waals surface area contributed by atoms with Crippen LogP contribution in [0.3, 0.4) is 0 Å². The summed E-state index contributed by atoms with van der Waals surface area (Å²) in [6.07, 6.45) is 2.53. The first-order valence-electron chi connectivity index (χ1n) is 7.14. The molecule has 0 saturated heterocycles. The Kier molecular flexibility index (Phi) is 4.58. The number of hydrogen-bond donors (Lipinski definition) is 2. The molecule has 4 heteroatoms. The molecule has 0 unspecified atom stereocenters. The van der Waals surface area contributed by atoms with Gasteiger partial charge in [0.2, 0.25) is 0 Å². The van der Waals surface area contributed by atoms with E-state index in [0.29, 0.717) is 11.8 Å². The van der Waals surface area contributed by atoms with Gasteiger partial charge < -0.3 is 15.2 Å². The van der Waals surface area contributed by atoms with Gasteiger partial charge in [0.25, 0.3) is 0 Å². The minimum atomic E-state index is -0.0279. The van der Waals surface area contributed by atoms with E-state index in [4.69, 9.17) is 4.74 Å². The minimum Gasteiger partial charge on any atom is -0.457 e. The highest BCUT2D eigenvalue weighted by Gasteiger charge is 2.20. The van der Waals surface area contributed by atoms with Crippen molar-refractivity contribution in [3.8, 4) is 11.5 Å². The average molecular weight is 348 g/mol. The second-order valence-corrected chi connectivity index (χ2v) is 6.19. The van der Waals surface area contributed by atoms with Crippen LogP contribution in [0.4, 0.5) is 0 Å². The molecular weight excluding hydrogens is 330 g/mol. The van der Waals surface area contributed by atoms with Crippen molar-refractivity contribution >= 4 is 15.9 Å². The molecule has 2 aromatic carbocycles. The van der Waals surface area contributed by atoms with Crippen molar-refractivity contribution in [1.82, 2.24) is 5.32 Å². The predicted molar refractivity (Wildman–Crippen MR) is 86.4 cm³/mol. The molecule has 1 aliphatic carbocycles. The fourth-order valence-electron chi connectivity index (χ4n) is 2.16. The molecule has 2 aromatic rings. The summed E-state index contributed by atoms with van der Waals surface area (Å²) in [5.74, 6) is 1.52. The summed E-state index contributed by atoms with van der Waals surface area (Å²) in [6, 6.07) is 14.3. The maximum absolute atomic E-state index is 9.40. The van der Waals surface area contributed by atoms with E-state index < -0.39 is 0 Å². The molecule has 0 bridgehead atoms. The van der Waals surface area contributed by atoms with E-state index in [2.05, 4.69) is 27.3 Å². The lowest BCUT2D eigenvalue weighted by atomic mass is 10.2. The first-order chi connectivity index (χ1) is 10.3. The molecule has 21 heavy (non-hydrogen) atoms. The van der Waals surface area contributed by atoms with Crippen LogP contribution < -0.4 is 10.1 Å². The zero-order chi connectivity index (χ0) is 14.7. The lowest BCUT2D eigenvalue weighted by molar-refractivity contribution is 0.276. The normalized spacial score (nSPS) is 14.2. The van der Waals surface area contributed by atoms with Gasteiger partial charge in [0.1, 0.15) is 11.5 Å². The molecule has 3 rings (SSSR count). The quantitative estimate of drug-likeness (QED) is 0.830. The third-order valence-electron chi connectivity index (χ3n) is 3.55. The molecule has 0 radical (unpaired) electrons. The molecule has 0 spiro atoms. The highest BCUT2D eigenvalue weighted by Crippen LogP contribution is 2.31. The molecular formula is C17H18BrNO2. The van der Waals surface area contributed by atoms with Gasteiger partial charge in [-0.3, -0.25) is 0 Å². The van der Waals surface area contributed by atoms with Crippen LogP contribution in [0.2, 0.25) is 0 Å². The molecule has 3 nitrogen and oxygen atoms in total. The minimum absolute atomic E-state index is 0.0279. The summed E-state index contributed by atoms with van der Waals surface area (Å²) in [6.45, 7) is 0.772. The van der Waals surface area contributed by atoms with Gasteiger partial charge in [0.15, 0.2) is 0 Å². The highest BCUT2D eigenvalue weighted by atomic mass is 79.9. The van der Waals surface area contributed by atoms with Crippen molar-refractivity contribution in [2.75, 3.05) is 0 Å². The molecule has 0 aromatic heterocycles. The predicted octanol–water partition coefficient (Wildman–Crippen LogP) is 3.99. The van der Waals surface area contributed by atoms with Crippen molar-refractivity contribution in [2.24, 2.45) is 0 Å². The number of ether oxygens (including phenoxy) is 1. The first-order valence-corrected chi connectivity index (χ1v) is 7.94. The van der Waals surface area contributed by atoms with E-state index in [1.165, 1.54) is 12.8 Å². The SMILES string of the molecule is OCc1ccccc1Oc1cc(Br)ccc1CNC1CC1. The van der Waals surface area contributed by atoms with E-state index in [9.17, 15) is 5.11 Å².